The maximum Gasteiger partial charge on any atom is 0.453 e. The molecular formula is C17H12ClF3N4OS. The van der Waals surface area contributed by atoms with Crippen LogP contribution in [0.4, 0.5) is 13.2 Å². The highest BCUT2D eigenvalue weighted by Crippen LogP contribution is 2.27. The molecule has 0 unspecified atom stereocenters. The molecule has 10 heteroatoms. The van der Waals surface area contributed by atoms with Crippen molar-refractivity contribution >= 4 is 30.0 Å². The average Bonchev–Trinajstić information content (AvgIpc) is 3.01. The summed E-state index contributed by atoms with van der Waals surface area (Å²) in [6, 6.07) is 14.0. The van der Waals surface area contributed by atoms with E-state index in [1.165, 1.54) is 6.21 Å². The van der Waals surface area contributed by atoms with Crippen molar-refractivity contribution < 1.29 is 17.9 Å². The second-order valence-corrected chi connectivity index (χ2v) is 6.21. The molecule has 0 radical (unpaired) electrons. The molecule has 0 spiro atoms. The molecule has 0 bridgehead atoms. The Kier molecular flexibility index (Phi) is 5.62. The minimum atomic E-state index is -4.66. The number of benzene rings is 2. The molecule has 2 aromatic carbocycles. The molecule has 0 fully saturated rings. The Bertz CT molecular complexity index is 995. The van der Waals surface area contributed by atoms with E-state index in [0.29, 0.717) is 27.6 Å². The van der Waals surface area contributed by atoms with Gasteiger partial charge in [0.25, 0.3) is 5.82 Å². The van der Waals surface area contributed by atoms with Crippen molar-refractivity contribution in [2.75, 3.05) is 0 Å². The van der Waals surface area contributed by atoms with E-state index in [2.05, 4.69) is 15.3 Å². The number of hydrogen-bond acceptors (Lipinski definition) is 4. The van der Waals surface area contributed by atoms with Crippen molar-refractivity contribution in [1.29, 1.82) is 0 Å². The van der Waals surface area contributed by atoms with Crippen LogP contribution in [0.1, 0.15) is 17.0 Å². The summed E-state index contributed by atoms with van der Waals surface area (Å²) in [6.45, 7) is 0.365. The predicted octanol–water partition coefficient (Wildman–Crippen LogP) is 5.07. The molecule has 1 N–H and O–H groups in total. The minimum Gasteiger partial charge on any atom is -0.489 e. The minimum absolute atomic E-state index is 0.249. The van der Waals surface area contributed by atoms with Gasteiger partial charge in [-0.25, -0.2) is 5.10 Å². The Labute approximate surface area is 162 Å². The zero-order valence-corrected chi connectivity index (χ0v) is 15.1. The van der Waals surface area contributed by atoms with Gasteiger partial charge in [0.05, 0.1) is 6.21 Å². The maximum absolute atomic E-state index is 12.8. The van der Waals surface area contributed by atoms with Crippen molar-refractivity contribution in [3.05, 3.63) is 75.3 Å². The summed E-state index contributed by atoms with van der Waals surface area (Å²) in [5, 5.41) is 9.63. The van der Waals surface area contributed by atoms with Gasteiger partial charge in [0.15, 0.2) is 0 Å². The quantitative estimate of drug-likeness (QED) is 0.470. The van der Waals surface area contributed by atoms with Crippen LogP contribution in [-0.2, 0) is 12.8 Å². The molecule has 3 rings (SSSR count). The largest absolute Gasteiger partial charge is 0.489 e. The molecule has 140 valence electrons. The third-order valence-electron chi connectivity index (χ3n) is 3.43. The standard InChI is InChI=1S/C17H12ClF3N4OS/c18-13-5-1-12(2-6-13)10-26-14-7-3-11(4-8-14)9-22-25-15(17(19,20)21)23-24-16(25)27/h1-9H,10H2,(H,24,27)/b22-9+. The summed E-state index contributed by atoms with van der Waals surface area (Å²) < 4.78 is 44.4. The molecule has 27 heavy (non-hydrogen) atoms. The Morgan fingerprint density at radius 2 is 1.81 bits per heavy atom. The van der Waals surface area contributed by atoms with Crippen molar-refractivity contribution in [2.24, 2.45) is 5.10 Å². The molecule has 0 aliphatic heterocycles. The molecule has 5 nitrogen and oxygen atoms in total. The molecule has 0 atom stereocenters. The summed E-state index contributed by atoms with van der Waals surface area (Å²) in [6.07, 6.45) is -3.41. The summed E-state index contributed by atoms with van der Waals surface area (Å²) >= 11 is 10.6. The monoisotopic (exact) mass is 412 g/mol. The smallest absolute Gasteiger partial charge is 0.453 e. The van der Waals surface area contributed by atoms with Crippen molar-refractivity contribution in [2.45, 2.75) is 12.8 Å². The average molecular weight is 413 g/mol. The molecule has 0 aliphatic rings. The van der Waals surface area contributed by atoms with E-state index in [4.69, 9.17) is 28.6 Å². The van der Waals surface area contributed by atoms with Gasteiger partial charge in [-0.2, -0.15) is 22.9 Å². The number of halogens is 4. The van der Waals surface area contributed by atoms with Crippen LogP contribution in [0.2, 0.25) is 5.02 Å². The first-order valence-electron chi connectivity index (χ1n) is 7.59. The first-order valence-corrected chi connectivity index (χ1v) is 8.38. The van der Waals surface area contributed by atoms with Gasteiger partial charge in [-0.15, -0.1) is 5.10 Å². The van der Waals surface area contributed by atoms with E-state index in [1.807, 2.05) is 12.1 Å². The lowest BCUT2D eigenvalue weighted by molar-refractivity contribution is -0.147. The Balaban J connectivity index is 1.67. The fourth-order valence-electron chi connectivity index (χ4n) is 2.10. The Morgan fingerprint density at radius 3 is 2.44 bits per heavy atom. The van der Waals surface area contributed by atoms with Crippen molar-refractivity contribution in [1.82, 2.24) is 14.9 Å². The normalized spacial score (nSPS) is 11.9. The maximum atomic E-state index is 12.8. The predicted molar refractivity (Wildman–Crippen MR) is 97.6 cm³/mol. The summed E-state index contributed by atoms with van der Waals surface area (Å²) in [7, 11) is 0. The van der Waals surface area contributed by atoms with Gasteiger partial charge in [0.2, 0.25) is 4.77 Å². The third-order valence-corrected chi connectivity index (χ3v) is 3.94. The number of aromatic nitrogens is 3. The number of ether oxygens (including phenoxy) is 1. The fraction of sp³-hybridized carbons (Fsp3) is 0.118. The fourth-order valence-corrected chi connectivity index (χ4v) is 2.41. The van der Waals surface area contributed by atoms with Crippen LogP contribution >= 0.6 is 23.8 Å². The van der Waals surface area contributed by atoms with Crippen LogP contribution in [0.25, 0.3) is 0 Å². The van der Waals surface area contributed by atoms with E-state index in [0.717, 1.165) is 5.56 Å². The number of aromatic amines is 1. The molecule has 1 heterocycles. The number of H-pyrrole nitrogens is 1. The lowest BCUT2D eigenvalue weighted by Crippen LogP contribution is -2.12. The Morgan fingerprint density at radius 1 is 1.15 bits per heavy atom. The second-order valence-electron chi connectivity index (χ2n) is 5.39. The highest BCUT2D eigenvalue weighted by Gasteiger charge is 2.37. The van der Waals surface area contributed by atoms with Gasteiger partial charge in [-0.3, -0.25) is 0 Å². The van der Waals surface area contributed by atoms with Crippen LogP contribution in [0.3, 0.4) is 0 Å². The highest BCUT2D eigenvalue weighted by atomic mass is 35.5. The molecule has 0 saturated carbocycles. The lowest BCUT2D eigenvalue weighted by Gasteiger charge is -2.07. The van der Waals surface area contributed by atoms with Gasteiger partial charge >= 0.3 is 6.18 Å². The number of hydrogen-bond donors (Lipinski definition) is 1. The van der Waals surface area contributed by atoms with Crippen molar-refractivity contribution in [3.63, 3.8) is 0 Å². The highest BCUT2D eigenvalue weighted by molar-refractivity contribution is 7.71. The molecule has 0 saturated heterocycles. The number of nitrogens with one attached hydrogen (secondary N) is 1. The van der Waals surface area contributed by atoms with E-state index < -0.39 is 12.0 Å². The first-order chi connectivity index (χ1) is 12.8. The summed E-state index contributed by atoms with van der Waals surface area (Å²) in [5.41, 5.74) is 1.53. The van der Waals surface area contributed by atoms with E-state index in [9.17, 15) is 13.2 Å². The summed E-state index contributed by atoms with van der Waals surface area (Å²) in [4.78, 5) is 0. The SMILES string of the molecule is FC(F)(F)c1n[nH]c(=S)n1/N=C/c1ccc(OCc2ccc(Cl)cc2)cc1. The van der Waals surface area contributed by atoms with Crippen LogP contribution in [0.5, 0.6) is 5.75 Å². The number of rotatable bonds is 5. The summed E-state index contributed by atoms with van der Waals surface area (Å²) in [5.74, 6) is -0.607. The second kappa shape index (κ2) is 7.93. The van der Waals surface area contributed by atoms with Gasteiger partial charge in [-0.1, -0.05) is 23.7 Å². The van der Waals surface area contributed by atoms with Crippen LogP contribution in [0.15, 0.2) is 53.6 Å². The zero-order valence-electron chi connectivity index (χ0n) is 13.6. The van der Waals surface area contributed by atoms with E-state index in [-0.39, 0.29) is 4.77 Å². The van der Waals surface area contributed by atoms with Crippen LogP contribution in [-0.4, -0.2) is 21.1 Å². The van der Waals surface area contributed by atoms with Gasteiger partial charge in [-0.05, 0) is 59.7 Å². The van der Waals surface area contributed by atoms with E-state index in [1.54, 1.807) is 36.4 Å². The van der Waals surface area contributed by atoms with Crippen LogP contribution in [0, 0.1) is 4.77 Å². The van der Waals surface area contributed by atoms with Gasteiger partial charge in [0.1, 0.15) is 12.4 Å². The Hall–Kier alpha value is -2.65. The van der Waals surface area contributed by atoms with Gasteiger partial charge in [0, 0.05) is 5.02 Å². The molecule has 0 amide bonds. The third kappa shape index (κ3) is 4.95. The zero-order chi connectivity index (χ0) is 19.4. The molecule has 3 aromatic rings. The molecule has 1 aromatic heterocycles. The number of nitrogens with zero attached hydrogens (tertiary/aromatic N) is 3. The first kappa shape index (κ1) is 19.1. The van der Waals surface area contributed by atoms with Crippen LogP contribution < -0.4 is 4.74 Å². The van der Waals surface area contributed by atoms with Gasteiger partial charge < -0.3 is 4.74 Å². The topological polar surface area (TPSA) is 55.2 Å². The molecular weight excluding hydrogens is 401 g/mol. The number of alkyl halides is 3. The van der Waals surface area contributed by atoms with E-state index >= 15 is 0 Å². The lowest BCUT2D eigenvalue weighted by atomic mass is 10.2. The molecule has 0 aliphatic carbocycles. The van der Waals surface area contributed by atoms with Crippen molar-refractivity contribution in [3.8, 4) is 5.75 Å².